The fourth-order valence-electron chi connectivity index (χ4n) is 3.36. The summed E-state index contributed by atoms with van der Waals surface area (Å²) in [4.78, 5) is 40.0. The first-order valence-corrected chi connectivity index (χ1v) is 9.97. The first-order valence-electron chi connectivity index (χ1n) is 9.97. The van der Waals surface area contributed by atoms with E-state index in [1.54, 1.807) is 12.3 Å². The second kappa shape index (κ2) is 9.46. The molecule has 0 saturated heterocycles. The van der Waals surface area contributed by atoms with Crippen molar-refractivity contribution in [3.63, 3.8) is 0 Å². The third-order valence-corrected chi connectivity index (χ3v) is 5.11. The van der Waals surface area contributed by atoms with Crippen LogP contribution in [0, 0.1) is 5.82 Å². The van der Waals surface area contributed by atoms with E-state index in [4.69, 9.17) is 9.90 Å². The number of carbonyl (C=O) groups excluding carboxylic acids is 2. The number of amides is 1. The van der Waals surface area contributed by atoms with Crippen LogP contribution in [0.25, 0.3) is 22.5 Å². The number of nitrogens with zero attached hydrogens (tertiary/aromatic N) is 1. The minimum absolute atomic E-state index is 0.0620. The Hall–Kier alpha value is -4.02. The van der Waals surface area contributed by atoms with Crippen LogP contribution >= 0.6 is 0 Å². The molecule has 0 saturated carbocycles. The van der Waals surface area contributed by atoms with Crippen molar-refractivity contribution in [2.24, 2.45) is 0 Å². The molecule has 1 amide bonds. The molecule has 1 aliphatic heterocycles. The lowest BCUT2D eigenvalue weighted by molar-refractivity contribution is -0.192. The second-order valence-electron chi connectivity index (χ2n) is 7.60. The average molecular weight is 477 g/mol. The predicted molar refractivity (Wildman–Crippen MR) is 114 cm³/mol. The molecule has 1 unspecified atom stereocenters. The fraction of sp³-hybridized carbons (Fsp3) is 0.217. The minimum atomic E-state index is -5.08. The van der Waals surface area contributed by atoms with E-state index in [-0.39, 0.29) is 23.2 Å². The number of aromatic amines is 1. The summed E-state index contributed by atoms with van der Waals surface area (Å²) in [7, 11) is 0. The number of aliphatic carboxylic acids is 1. The number of pyridine rings is 1. The van der Waals surface area contributed by atoms with Crippen molar-refractivity contribution in [3.05, 3.63) is 65.2 Å². The molecule has 0 radical (unpaired) electrons. The molecule has 0 fully saturated rings. The van der Waals surface area contributed by atoms with Gasteiger partial charge in [-0.3, -0.25) is 14.6 Å². The maximum Gasteiger partial charge on any atom is 0.490 e. The van der Waals surface area contributed by atoms with Gasteiger partial charge in [-0.15, -0.1) is 0 Å². The Morgan fingerprint density at radius 2 is 1.79 bits per heavy atom. The summed E-state index contributed by atoms with van der Waals surface area (Å²) in [5.41, 5.74) is 4.47. The van der Waals surface area contributed by atoms with Crippen molar-refractivity contribution in [3.8, 4) is 22.5 Å². The van der Waals surface area contributed by atoms with Gasteiger partial charge in [-0.05, 0) is 37.3 Å². The molecular weight excluding hydrogens is 458 g/mol. The highest BCUT2D eigenvalue weighted by Crippen LogP contribution is 2.30. The summed E-state index contributed by atoms with van der Waals surface area (Å²) < 4.78 is 45.9. The highest BCUT2D eigenvalue weighted by atomic mass is 19.4. The Balaban J connectivity index is 0.000000406. The number of hydrogen-bond acceptors (Lipinski definition) is 4. The molecule has 2 aromatic heterocycles. The van der Waals surface area contributed by atoms with Crippen molar-refractivity contribution in [2.75, 3.05) is 6.54 Å². The van der Waals surface area contributed by atoms with Crippen LogP contribution in [0.3, 0.4) is 0 Å². The molecule has 0 aliphatic carbocycles. The summed E-state index contributed by atoms with van der Waals surface area (Å²) in [5, 5.41) is 10.00. The molecule has 1 aromatic carbocycles. The van der Waals surface area contributed by atoms with E-state index in [1.807, 2.05) is 18.2 Å². The van der Waals surface area contributed by atoms with Gasteiger partial charge >= 0.3 is 12.1 Å². The van der Waals surface area contributed by atoms with Gasteiger partial charge in [-0.25, -0.2) is 9.18 Å². The van der Waals surface area contributed by atoms with Gasteiger partial charge in [0.25, 0.3) is 5.91 Å². The SMILES string of the molecule is CC(=O)c1ccc(-c2cc(-c3cc4c([nH]3)C(C)CNC4=O)ccn2)cc1F.O=C(O)C(F)(F)F. The number of fused-ring (bicyclic) bond motifs is 1. The van der Waals surface area contributed by atoms with E-state index in [0.29, 0.717) is 23.4 Å². The van der Waals surface area contributed by atoms with Crippen molar-refractivity contribution in [1.29, 1.82) is 0 Å². The summed E-state index contributed by atoms with van der Waals surface area (Å²) in [6, 6.07) is 9.98. The number of carboxylic acids is 1. The van der Waals surface area contributed by atoms with Crippen LogP contribution in [-0.2, 0) is 4.79 Å². The standard InChI is InChI=1S/C21H18FN3O2.C2HF3O2/c1-11-10-24-21(27)16-9-19(25-20(11)16)14-5-6-23-18(8-14)13-3-4-15(12(2)26)17(22)7-13;3-2(4,5)1(6)7/h3-9,11,25H,10H2,1-2H3,(H,24,27);(H,6,7). The Morgan fingerprint density at radius 3 is 2.35 bits per heavy atom. The smallest absolute Gasteiger partial charge is 0.475 e. The maximum atomic E-state index is 14.2. The summed E-state index contributed by atoms with van der Waals surface area (Å²) >= 11 is 0. The number of benzene rings is 1. The Labute approximate surface area is 190 Å². The Bertz CT molecular complexity index is 1270. The van der Waals surface area contributed by atoms with Crippen LogP contribution in [0.4, 0.5) is 17.6 Å². The zero-order valence-corrected chi connectivity index (χ0v) is 18.0. The molecule has 4 rings (SSSR count). The normalized spacial score (nSPS) is 15.0. The molecule has 0 bridgehead atoms. The van der Waals surface area contributed by atoms with Gasteiger partial charge in [-0.2, -0.15) is 13.2 Å². The zero-order valence-electron chi connectivity index (χ0n) is 18.0. The Morgan fingerprint density at radius 1 is 1.12 bits per heavy atom. The van der Waals surface area contributed by atoms with Crippen LogP contribution in [0.15, 0.2) is 42.6 Å². The van der Waals surface area contributed by atoms with Crippen molar-refractivity contribution in [1.82, 2.24) is 15.3 Å². The minimum Gasteiger partial charge on any atom is -0.475 e. The third kappa shape index (κ3) is 5.30. The number of nitrogens with one attached hydrogen (secondary N) is 2. The highest BCUT2D eigenvalue weighted by molar-refractivity contribution is 5.98. The third-order valence-electron chi connectivity index (χ3n) is 5.11. The maximum absolute atomic E-state index is 14.2. The molecule has 7 nitrogen and oxygen atoms in total. The van der Waals surface area contributed by atoms with Gasteiger partial charge in [0.1, 0.15) is 5.82 Å². The van der Waals surface area contributed by atoms with Gasteiger partial charge < -0.3 is 15.4 Å². The van der Waals surface area contributed by atoms with E-state index in [9.17, 15) is 27.2 Å². The number of ketones is 1. The molecule has 3 N–H and O–H groups in total. The van der Waals surface area contributed by atoms with Gasteiger partial charge in [0.15, 0.2) is 5.78 Å². The number of carbonyl (C=O) groups is 3. The van der Waals surface area contributed by atoms with Gasteiger partial charge in [-0.1, -0.05) is 13.0 Å². The molecule has 0 spiro atoms. The van der Waals surface area contributed by atoms with Crippen LogP contribution in [-0.4, -0.2) is 45.5 Å². The lowest BCUT2D eigenvalue weighted by Crippen LogP contribution is -2.33. The van der Waals surface area contributed by atoms with Gasteiger partial charge in [0.05, 0.1) is 16.8 Å². The number of hydrogen-bond donors (Lipinski definition) is 3. The molecule has 3 aromatic rings. The van der Waals surface area contributed by atoms with Gasteiger partial charge in [0.2, 0.25) is 0 Å². The van der Waals surface area contributed by atoms with Gasteiger partial charge in [0, 0.05) is 41.2 Å². The molecule has 11 heteroatoms. The van der Waals surface area contributed by atoms with E-state index in [1.165, 1.54) is 19.1 Å². The van der Waals surface area contributed by atoms with E-state index in [0.717, 1.165) is 17.0 Å². The second-order valence-corrected chi connectivity index (χ2v) is 7.60. The summed E-state index contributed by atoms with van der Waals surface area (Å²) in [6.07, 6.45) is -3.44. The predicted octanol–water partition coefficient (Wildman–Crippen LogP) is 4.57. The number of Topliss-reactive ketones (excluding diaryl/α,β-unsaturated/α-hetero) is 1. The monoisotopic (exact) mass is 477 g/mol. The molecular formula is C23H19F4N3O4. The zero-order chi connectivity index (χ0) is 25.2. The summed E-state index contributed by atoms with van der Waals surface area (Å²) in [5.74, 6) is -3.51. The molecule has 1 atom stereocenters. The van der Waals surface area contributed by atoms with Crippen molar-refractivity contribution in [2.45, 2.75) is 25.9 Å². The van der Waals surface area contributed by atoms with E-state index in [2.05, 4.69) is 22.2 Å². The number of aromatic nitrogens is 2. The topological polar surface area (TPSA) is 112 Å². The fourth-order valence-corrected chi connectivity index (χ4v) is 3.36. The van der Waals surface area contributed by atoms with Crippen molar-refractivity contribution < 1.29 is 37.1 Å². The van der Waals surface area contributed by atoms with Crippen molar-refractivity contribution >= 4 is 17.7 Å². The van der Waals surface area contributed by atoms with Crippen LogP contribution in [0.1, 0.15) is 46.2 Å². The molecule has 3 heterocycles. The molecule has 1 aliphatic rings. The lowest BCUT2D eigenvalue weighted by atomic mass is 9.99. The van der Waals surface area contributed by atoms with E-state index >= 15 is 0 Å². The quantitative estimate of drug-likeness (QED) is 0.378. The first kappa shape index (κ1) is 24.6. The number of carboxylic acid groups (broad SMARTS) is 1. The van der Waals surface area contributed by atoms with Crippen LogP contribution < -0.4 is 5.32 Å². The Kier molecular flexibility index (Phi) is 6.85. The molecule has 178 valence electrons. The first-order chi connectivity index (χ1) is 15.9. The number of alkyl halides is 3. The van der Waals surface area contributed by atoms with Crippen LogP contribution in [0.2, 0.25) is 0 Å². The number of H-pyrrole nitrogens is 1. The highest BCUT2D eigenvalue weighted by Gasteiger charge is 2.38. The number of rotatable bonds is 3. The lowest BCUT2D eigenvalue weighted by Gasteiger charge is -2.18. The van der Waals surface area contributed by atoms with E-state index < -0.39 is 18.0 Å². The summed E-state index contributed by atoms with van der Waals surface area (Å²) in [6.45, 7) is 3.99. The average Bonchev–Trinajstić information content (AvgIpc) is 3.23. The number of halogens is 4. The molecule has 34 heavy (non-hydrogen) atoms. The largest absolute Gasteiger partial charge is 0.490 e. The van der Waals surface area contributed by atoms with Crippen LogP contribution in [0.5, 0.6) is 0 Å².